The number of aryl methyl sites for hydroxylation is 2. The summed E-state index contributed by atoms with van der Waals surface area (Å²) in [4.78, 5) is 26.9. The van der Waals surface area contributed by atoms with E-state index in [1.165, 1.54) is 28.7 Å². The molecule has 9 heteroatoms. The second kappa shape index (κ2) is 7.67. The van der Waals surface area contributed by atoms with Gasteiger partial charge in [0.15, 0.2) is 5.65 Å². The monoisotopic (exact) mass is 386 g/mol. The maximum absolute atomic E-state index is 12.2. The minimum Gasteiger partial charge on any atom is -0.507 e. The van der Waals surface area contributed by atoms with Gasteiger partial charge in [-0.05, 0) is 25.0 Å². The van der Waals surface area contributed by atoms with Crippen LogP contribution >= 0.6 is 11.8 Å². The molecule has 27 heavy (non-hydrogen) atoms. The highest BCUT2D eigenvalue weighted by Gasteiger charge is 2.21. The van der Waals surface area contributed by atoms with Crippen LogP contribution in [0.1, 0.15) is 27.0 Å². The van der Waals surface area contributed by atoms with Gasteiger partial charge in [-0.3, -0.25) is 9.59 Å². The minimum atomic E-state index is -1.18. The van der Waals surface area contributed by atoms with Crippen LogP contribution in [0, 0.1) is 13.8 Å². The first-order valence-corrected chi connectivity index (χ1v) is 9.10. The highest BCUT2D eigenvalue weighted by molar-refractivity contribution is 7.98. The number of carbonyl (C=O) groups excluding carboxylic acids is 1. The number of hydrogen-bond acceptors (Lipinski definition) is 6. The average Bonchev–Trinajstić information content (AvgIpc) is 3.09. The summed E-state index contributed by atoms with van der Waals surface area (Å²) in [7, 11) is 0. The van der Waals surface area contributed by atoms with E-state index in [2.05, 4.69) is 33.6 Å². The molecule has 0 aliphatic heterocycles. The number of carbonyl (C=O) groups is 2. The Kier molecular flexibility index (Phi) is 5.31. The molecule has 0 atom stereocenters. The smallest absolute Gasteiger partial charge is 0.322 e. The Morgan fingerprint density at radius 1 is 1.26 bits per heavy atom. The Labute approximate surface area is 159 Å². The number of nitrogens with one attached hydrogen (secondary N) is 1. The topological polar surface area (TPSA) is 117 Å². The maximum Gasteiger partial charge on any atom is 0.322 e. The van der Waals surface area contributed by atoms with Crippen LogP contribution in [0.2, 0.25) is 0 Å². The molecule has 0 saturated carbocycles. The number of carboxylic acid groups (broad SMARTS) is 1. The first-order valence-electron chi connectivity index (χ1n) is 8.11. The first kappa shape index (κ1) is 18.7. The predicted molar refractivity (Wildman–Crippen MR) is 100 cm³/mol. The fourth-order valence-electron chi connectivity index (χ4n) is 2.61. The molecule has 0 spiro atoms. The quantitative estimate of drug-likeness (QED) is 0.556. The third-order valence-electron chi connectivity index (χ3n) is 4.00. The Bertz CT molecular complexity index is 1030. The van der Waals surface area contributed by atoms with E-state index in [1.54, 1.807) is 0 Å². The van der Waals surface area contributed by atoms with Crippen LogP contribution in [0.3, 0.4) is 0 Å². The molecule has 0 aliphatic rings. The molecule has 1 amide bonds. The molecule has 3 rings (SSSR count). The molecule has 0 bridgehead atoms. The summed E-state index contributed by atoms with van der Waals surface area (Å²) >= 11 is 1.46. The number of amides is 1. The second-order valence-corrected chi connectivity index (χ2v) is 7.03. The van der Waals surface area contributed by atoms with Gasteiger partial charge < -0.3 is 15.5 Å². The van der Waals surface area contributed by atoms with E-state index in [9.17, 15) is 14.7 Å². The number of aromatic hydroxyl groups is 1. The van der Waals surface area contributed by atoms with Crippen molar-refractivity contribution in [3.05, 3.63) is 52.8 Å². The molecule has 0 aliphatic carbocycles. The number of hydrogen-bond donors (Lipinski definition) is 3. The fourth-order valence-corrected chi connectivity index (χ4v) is 3.68. The van der Waals surface area contributed by atoms with E-state index in [1.807, 2.05) is 13.8 Å². The van der Waals surface area contributed by atoms with Crippen molar-refractivity contribution in [2.75, 3.05) is 6.54 Å². The molecular weight excluding hydrogens is 368 g/mol. The largest absolute Gasteiger partial charge is 0.507 e. The normalized spacial score (nSPS) is 10.9. The van der Waals surface area contributed by atoms with Crippen LogP contribution in [0.5, 0.6) is 5.75 Å². The molecule has 1 aromatic carbocycles. The summed E-state index contributed by atoms with van der Waals surface area (Å²) in [5.41, 5.74) is 3.55. The van der Waals surface area contributed by atoms with Crippen LogP contribution < -0.4 is 5.32 Å². The second-order valence-electron chi connectivity index (χ2n) is 6.03. The van der Waals surface area contributed by atoms with Crippen LogP contribution in [0.15, 0.2) is 35.6 Å². The molecule has 0 fully saturated rings. The van der Waals surface area contributed by atoms with Gasteiger partial charge >= 0.3 is 5.97 Å². The minimum absolute atomic E-state index is 0.107. The van der Waals surface area contributed by atoms with Crippen LogP contribution in [-0.4, -0.2) is 43.2 Å². The lowest BCUT2D eigenvalue weighted by Gasteiger charge is -2.11. The van der Waals surface area contributed by atoms with Crippen LogP contribution in [-0.2, 0) is 10.5 Å². The lowest BCUT2D eigenvalue weighted by atomic mass is 10.1. The predicted octanol–water partition coefficient (Wildman–Crippen LogP) is 2.16. The van der Waals surface area contributed by atoms with Crippen molar-refractivity contribution in [3.63, 3.8) is 0 Å². The highest BCUT2D eigenvalue weighted by Crippen LogP contribution is 2.31. The van der Waals surface area contributed by atoms with Gasteiger partial charge in [0.05, 0.1) is 0 Å². The van der Waals surface area contributed by atoms with Gasteiger partial charge in [-0.25, -0.2) is 9.50 Å². The number of thioether (sulfide) groups is 1. The molecule has 3 aromatic rings. The zero-order valence-electron chi connectivity index (χ0n) is 14.8. The summed E-state index contributed by atoms with van der Waals surface area (Å²) in [5.74, 6) is -1.52. The summed E-state index contributed by atoms with van der Waals surface area (Å²) < 4.78 is 1.46. The number of rotatable bonds is 6. The zero-order chi connectivity index (χ0) is 19.6. The van der Waals surface area contributed by atoms with E-state index < -0.39 is 18.4 Å². The highest BCUT2D eigenvalue weighted by atomic mass is 32.2. The molecule has 0 saturated heterocycles. The number of pyridine rings is 1. The van der Waals surface area contributed by atoms with Crippen LogP contribution in [0.25, 0.3) is 5.65 Å². The van der Waals surface area contributed by atoms with Crippen molar-refractivity contribution in [2.24, 2.45) is 0 Å². The number of nitrogens with zero attached hydrogens (tertiary/aromatic N) is 3. The maximum atomic E-state index is 12.2. The summed E-state index contributed by atoms with van der Waals surface area (Å²) in [5, 5.41) is 26.0. The molecule has 2 aromatic heterocycles. The standard InChI is InChI=1S/C18H18N4O4S/c1-10-3-4-11(2)12(5-10)8-27-14-6-13(23)16(17-20-9-21-22(14)17)18(26)19-7-15(24)25/h3-6,9,23H,7-8H2,1-2H3,(H,19,26)(H,24,25). The number of fused-ring (bicyclic) bond motifs is 1. The lowest BCUT2D eigenvalue weighted by molar-refractivity contribution is -0.135. The van der Waals surface area contributed by atoms with E-state index in [0.717, 1.165) is 16.7 Å². The number of aliphatic carboxylic acids is 1. The Balaban J connectivity index is 1.91. The number of aromatic nitrogens is 3. The van der Waals surface area contributed by atoms with Gasteiger partial charge in [0.2, 0.25) is 0 Å². The molecule has 0 unspecified atom stereocenters. The van der Waals surface area contributed by atoms with Crippen molar-refractivity contribution in [2.45, 2.75) is 24.6 Å². The van der Waals surface area contributed by atoms with Gasteiger partial charge in [0.1, 0.15) is 29.2 Å². The van der Waals surface area contributed by atoms with Gasteiger partial charge in [-0.2, -0.15) is 5.10 Å². The Hall–Kier alpha value is -3.07. The molecule has 0 radical (unpaired) electrons. The lowest BCUT2D eigenvalue weighted by Crippen LogP contribution is -2.29. The van der Waals surface area contributed by atoms with Crippen molar-refractivity contribution in [1.29, 1.82) is 0 Å². The SMILES string of the molecule is Cc1ccc(C)c(CSc2cc(O)c(C(=O)NCC(=O)O)c3ncnn23)c1. The Morgan fingerprint density at radius 3 is 2.78 bits per heavy atom. The van der Waals surface area contributed by atoms with E-state index in [4.69, 9.17) is 5.11 Å². The van der Waals surface area contributed by atoms with Crippen molar-refractivity contribution in [3.8, 4) is 5.75 Å². The fraction of sp³-hybridized carbons (Fsp3) is 0.222. The van der Waals surface area contributed by atoms with Crippen molar-refractivity contribution in [1.82, 2.24) is 19.9 Å². The van der Waals surface area contributed by atoms with Gasteiger partial charge in [0, 0.05) is 11.8 Å². The zero-order valence-corrected chi connectivity index (χ0v) is 15.6. The van der Waals surface area contributed by atoms with Gasteiger partial charge in [0.25, 0.3) is 5.91 Å². The first-order chi connectivity index (χ1) is 12.9. The van der Waals surface area contributed by atoms with Crippen LogP contribution in [0.4, 0.5) is 0 Å². The Morgan fingerprint density at radius 2 is 2.04 bits per heavy atom. The summed E-state index contributed by atoms with van der Waals surface area (Å²) in [6.45, 7) is 3.51. The summed E-state index contributed by atoms with van der Waals surface area (Å²) in [6.07, 6.45) is 1.28. The van der Waals surface area contributed by atoms with E-state index in [-0.39, 0.29) is 17.0 Å². The average molecular weight is 386 g/mol. The van der Waals surface area contributed by atoms with Gasteiger partial charge in [-0.1, -0.05) is 23.8 Å². The van der Waals surface area contributed by atoms with Crippen molar-refractivity contribution < 1.29 is 19.8 Å². The van der Waals surface area contributed by atoms with Gasteiger partial charge in [-0.15, -0.1) is 11.8 Å². The third-order valence-corrected chi connectivity index (χ3v) is 5.05. The number of carboxylic acids is 1. The van der Waals surface area contributed by atoms with E-state index >= 15 is 0 Å². The third kappa shape index (κ3) is 4.03. The molecule has 2 heterocycles. The number of benzene rings is 1. The summed E-state index contributed by atoms with van der Waals surface area (Å²) in [6, 6.07) is 7.65. The van der Waals surface area contributed by atoms with Crippen molar-refractivity contribution >= 4 is 29.3 Å². The molecule has 3 N–H and O–H groups in total. The molecule has 8 nitrogen and oxygen atoms in total. The molecule has 140 valence electrons. The van der Waals surface area contributed by atoms with E-state index in [0.29, 0.717) is 10.8 Å². The molecular formula is C18H18N4O4S.